The molecule has 1 saturated heterocycles. The number of halogens is 2. The minimum Gasteiger partial charge on any atom is -0.326 e. The molecule has 0 aromatic heterocycles. The van der Waals surface area contributed by atoms with Gasteiger partial charge in [0.2, 0.25) is 5.91 Å². The van der Waals surface area contributed by atoms with Crippen LogP contribution in [-0.4, -0.2) is 35.3 Å². The highest BCUT2D eigenvalue weighted by Gasteiger charge is 2.38. The summed E-state index contributed by atoms with van der Waals surface area (Å²) < 4.78 is 27.2. The number of rotatable bonds is 6. The highest BCUT2D eigenvalue weighted by Crippen LogP contribution is 2.18. The Hall–Kier alpha value is -3.29. The number of amides is 4. The van der Waals surface area contributed by atoms with E-state index in [-0.39, 0.29) is 0 Å². The smallest absolute Gasteiger partial charge is 0.325 e. The Labute approximate surface area is 154 Å². The van der Waals surface area contributed by atoms with Crippen LogP contribution in [0.15, 0.2) is 48.5 Å². The summed E-state index contributed by atoms with van der Waals surface area (Å²) in [7, 11) is 0. The topological polar surface area (TPSA) is 78.5 Å². The number of carbonyl (C=O) groups excluding carboxylic acids is 3. The lowest BCUT2D eigenvalue weighted by Crippen LogP contribution is -2.38. The van der Waals surface area contributed by atoms with E-state index in [1.807, 2.05) is 30.3 Å². The maximum absolute atomic E-state index is 13.6. The molecule has 0 aliphatic carbocycles. The van der Waals surface area contributed by atoms with Gasteiger partial charge in [0.15, 0.2) is 0 Å². The van der Waals surface area contributed by atoms with Gasteiger partial charge >= 0.3 is 6.03 Å². The molecule has 0 bridgehead atoms. The lowest BCUT2D eigenvalue weighted by Gasteiger charge is -2.13. The normalized spacial score (nSPS) is 16.4. The number of urea groups is 1. The van der Waals surface area contributed by atoms with Crippen molar-refractivity contribution in [2.75, 3.05) is 11.9 Å². The number of anilines is 1. The highest BCUT2D eigenvalue weighted by atomic mass is 19.1. The van der Waals surface area contributed by atoms with Gasteiger partial charge in [-0.1, -0.05) is 36.4 Å². The van der Waals surface area contributed by atoms with Crippen LogP contribution in [-0.2, 0) is 16.0 Å². The molecule has 140 valence electrons. The van der Waals surface area contributed by atoms with E-state index >= 15 is 0 Å². The van der Waals surface area contributed by atoms with Crippen molar-refractivity contribution >= 4 is 23.5 Å². The third-order valence-corrected chi connectivity index (χ3v) is 4.20. The second-order valence-corrected chi connectivity index (χ2v) is 6.10. The summed E-state index contributed by atoms with van der Waals surface area (Å²) in [6.07, 6.45) is 0.965. The largest absolute Gasteiger partial charge is 0.326 e. The number of nitrogens with zero attached hydrogens (tertiary/aromatic N) is 1. The van der Waals surface area contributed by atoms with Crippen LogP contribution in [0, 0.1) is 11.6 Å². The zero-order valence-corrected chi connectivity index (χ0v) is 14.2. The van der Waals surface area contributed by atoms with Gasteiger partial charge in [0, 0.05) is 0 Å². The van der Waals surface area contributed by atoms with Crippen molar-refractivity contribution in [2.45, 2.75) is 18.9 Å². The van der Waals surface area contributed by atoms with Crippen molar-refractivity contribution < 1.29 is 23.2 Å². The molecule has 1 heterocycles. The van der Waals surface area contributed by atoms with Gasteiger partial charge < -0.3 is 10.6 Å². The maximum atomic E-state index is 13.6. The van der Waals surface area contributed by atoms with E-state index in [2.05, 4.69) is 10.6 Å². The minimum atomic E-state index is -0.943. The second kappa shape index (κ2) is 7.94. The predicted octanol–water partition coefficient (Wildman–Crippen LogP) is 2.46. The summed E-state index contributed by atoms with van der Waals surface area (Å²) in [6.45, 7) is -0.625. The van der Waals surface area contributed by atoms with Crippen molar-refractivity contribution in [3.8, 4) is 0 Å². The summed E-state index contributed by atoms with van der Waals surface area (Å²) in [4.78, 5) is 37.1. The van der Waals surface area contributed by atoms with E-state index in [1.54, 1.807) is 0 Å². The molecule has 0 spiro atoms. The van der Waals surface area contributed by atoms with Crippen LogP contribution in [0.3, 0.4) is 0 Å². The molecule has 0 radical (unpaired) electrons. The lowest BCUT2D eigenvalue weighted by atomic mass is 10.1. The summed E-state index contributed by atoms with van der Waals surface area (Å²) >= 11 is 0. The van der Waals surface area contributed by atoms with Gasteiger partial charge in [0.1, 0.15) is 29.9 Å². The van der Waals surface area contributed by atoms with E-state index in [0.717, 1.165) is 28.7 Å². The molecule has 2 aromatic carbocycles. The Balaban J connectivity index is 1.59. The fourth-order valence-corrected chi connectivity index (χ4v) is 2.82. The fourth-order valence-electron chi connectivity index (χ4n) is 2.82. The molecule has 4 amide bonds. The SMILES string of the molecule is O=C(CN1C(=O)N[C@H](CCc2ccccc2)C1=O)Nc1c(F)cccc1F. The van der Waals surface area contributed by atoms with E-state index in [1.165, 1.54) is 0 Å². The third-order valence-electron chi connectivity index (χ3n) is 4.20. The summed E-state index contributed by atoms with van der Waals surface area (Å²) in [6, 6.07) is 11.2. The molecule has 1 aliphatic rings. The number of carbonyl (C=O) groups is 3. The van der Waals surface area contributed by atoms with Gasteiger partial charge in [-0.25, -0.2) is 13.6 Å². The third kappa shape index (κ3) is 4.28. The van der Waals surface area contributed by atoms with Gasteiger partial charge in [-0.3, -0.25) is 14.5 Å². The van der Waals surface area contributed by atoms with E-state index < -0.39 is 47.8 Å². The van der Waals surface area contributed by atoms with Crippen LogP contribution in [0.5, 0.6) is 0 Å². The molecule has 0 saturated carbocycles. The van der Waals surface area contributed by atoms with Gasteiger partial charge in [0.25, 0.3) is 5.91 Å². The standard InChI is InChI=1S/C19H17F2N3O3/c20-13-7-4-8-14(21)17(13)23-16(25)11-24-18(26)15(22-19(24)27)10-9-12-5-2-1-3-6-12/h1-8,15H,9-11H2,(H,22,27)(H,23,25)/t15-/m1/s1. The first-order valence-corrected chi connectivity index (χ1v) is 8.35. The Morgan fingerprint density at radius 2 is 1.70 bits per heavy atom. The zero-order chi connectivity index (χ0) is 19.4. The van der Waals surface area contributed by atoms with Crippen molar-refractivity contribution in [1.29, 1.82) is 0 Å². The molecule has 1 atom stereocenters. The highest BCUT2D eigenvalue weighted by molar-refractivity contribution is 6.07. The van der Waals surface area contributed by atoms with Crippen molar-refractivity contribution in [2.24, 2.45) is 0 Å². The number of aryl methyl sites for hydroxylation is 1. The van der Waals surface area contributed by atoms with Gasteiger partial charge in [-0.15, -0.1) is 0 Å². The van der Waals surface area contributed by atoms with Crippen LogP contribution in [0.1, 0.15) is 12.0 Å². The van der Waals surface area contributed by atoms with Crippen molar-refractivity contribution in [1.82, 2.24) is 10.2 Å². The van der Waals surface area contributed by atoms with Crippen molar-refractivity contribution in [3.63, 3.8) is 0 Å². The molecule has 1 fully saturated rings. The molecule has 3 rings (SSSR count). The van der Waals surface area contributed by atoms with E-state index in [9.17, 15) is 23.2 Å². The molecule has 27 heavy (non-hydrogen) atoms. The summed E-state index contributed by atoms with van der Waals surface area (Å²) in [5.41, 5.74) is 0.404. The first-order valence-electron chi connectivity index (χ1n) is 8.35. The number of imide groups is 1. The Kier molecular flexibility index (Phi) is 5.44. The number of para-hydroxylation sites is 1. The molecule has 6 nitrogen and oxygen atoms in total. The zero-order valence-electron chi connectivity index (χ0n) is 14.2. The Morgan fingerprint density at radius 1 is 1.04 bits per heavy atom. The first-order chi connectivity index (χ1) is 13.0. The average Bonchev–Trinajstić information content (AvgIpc) is 2.91. The quantitative estimate of drug-likeness (QED) is 0.764. The number of hydrogen-bond donors (Lipinski definition) is 2. The Morgan fingerprint density at radius 3 is 2.37 bits per heavy atom. The molecule has 1 aliphatic heterocycles. The van der Waals surface area contributed by atoms with Crippen LogP contribution in [0.2, 0.25) is 0 Å². The van der Waals surface area contributed by atoms with Crippen LogP contribution in [0.25, 0.3) is 0 Å². The summed E-state index contributed by atoms with van der Waals surface area (Å²) in [5.74, 6) is -3.30. The van der Waals surface area contributed by atoms with Crippen molar-refractivity contribution in [3.05, 3.63) is 65.7 Å². The van der Waals surface area contributed by atoms with Crippen LogP contribution in [0.4, 0.5) is 19.3 Å². The number of nitrogens with one attached hydrogen (secondary N) is 2. The van der Waals surface area contributed by atoms with E-state index in [4.69, 9.17) is 0 Å². The lowest BCUT2D eigenvalue weighted by molar-refractivity contribution is -0.130. The molecular formula is C19H17F2N3O3. The van der Waals surface area contributed by atoms with Crippen LogP contribution >= 0.6 is 0 Å². The Bertz CT molecular complexity index is 854. The number of benzene rings is 2. The predicted molar refractivity (Wildman–Crippen MR) is 93.8 cm³/mol. The molecular weight excluding hydrogens is 356 g/mol. The first kappa shape index (κ1) is 18.5. The maximum Gasteiger partial charge on any atom is 0.325 e. The molecule has 2 N–H and O–H groups in total. The van der Waals surface area contributed by atoms with Gasteiger partial charge in [-0.2, -0.15) is 0 Å². The number of hydrogen-bond acceptors (Lipinski definition) is 3. The second-order valence-electron chi connectivity index (χ2n) is 6.10. The van der Waals surface area contributed by atoms with E-state index in [0.29, 0.717) is 12.8 Å². The summed E-state index contributed by atoms with van der Waals surface area (Å²) in [5, 5.41) is 4.58. The molecule has 8 heteroatoms. The fraction of sp³-hybridized carbons (Fsp3) is 0.211. The van der Waals surface area contributed by atoms with Gasteiger partial charge in [-0.05, 0) is 30.5 Å². The monoisotopic (exact) mass is 373 g/mol. The van der Waals surface area contributed by atoms with Crippen LogP contribution < -0.4 is 10.6 Å². The molecule has 2 aromatic rings. The molecule has 0 unspecified atom stereocenters. The average molecular weight is 373 g/mol. The van der Waals surface area contributed by atoms with Gasteiger partial charge in [0.05, 0.1) is 0 Å². The minimum absolute atomic E-state index is 0.384.